The van der Waals surface area contributed by atoms with Crippen molar-refractivity contribution >= 4 is 41.5 Å². The third kappa shape index (κ3) is 4.66. The van der Waals surface area contributed by atoms with Gasteiger partial charge in [0.2, 0.25) is 5.91 Å². The third-order valence-corrected chi connectivity index (χ3v) is 6.32. The Morgan fingerprint density at radius 1 is 1.23 bits per heavy atom. The molecule has 26 heavy (non-hydrogen) atoms. The maximum absolute atomic E-state index is 13.1. The van der Waals surface area contributed by atoms with Crippen LogP contribution >= 0.6 is 35.6 Å². The molecule has 7 heteroatoms. The Morgan fingerprint density at radius 3 is 2.69 bits per heavy atom. The first-order valence-electron chi connectivity index (χ1n) is 9.07. The summed E-state index contributed by atoms with van der Waals surface area (Å²) >= 11 is 12.1. The number of β-amino-alcohol motifs (C(OH)–C–C–N with tert-alkyl or cyclic N) is 1. The molecule has 0 radical (unpaired) electrons. The highest BCUT2D eigenvalue weighted by Gasteiger charge is 2.43. The van der Waals surface area contributed by atoms with Crippen molar-refractivity contribution in [2.45, 2.75) is 57.2 Å². The molecule has 2 aliphatic heterocycles. The maximum Gasteiger partial charge on any atom is 0.228 e. The van der Waals surface area contributed by atoms with E-state index in [4.69, 9.17) is 23.2 Å². The summed E-state index contributed by atoms with van der Waals surface area (Å²) in [7, 11) is 0. The van der Waals surface area contributed by atoms with Gasteiger partial charge in [-0.25, -0.2) is 0 Å². The Hall–Kier alpha value is -0.520. The van der Waals surface area contributed by atoms with Crippen LogP contribution in [0.15, 0.2) is 18.2 Å². The first kappa shape index (κ1) is 21.8. The minimum absolute atomic E-state index is 0. The molecule has 2 fully saturated rings. The second kappa shape index (κ2) is 9.11. The van der Waals surface area contributed by atoms with Crippen LogP contribution in [0.2, 0.25) is 10.0 Å². The molecule has 146 valence electrons. The largest absolute Gasteiger partial charge is 0.392 e. The normalized spacial score (nSPS) is 27.1. The van der Waals surface area contributed by atoms with Gasteiger partial charge in [0.25, 0.3) is 0 Å². The predicted molar refractivity (Wildman–Crippen MR) is 108 cm³/mol. The number of hydrogen-bond acceptors (Lipinski definition) is 3. The van der Waals surface area contributed by atoms with Crippen LogP contribution in [0.4, 0.5) is 0 Å². The Kier molecular flexibility index (Phi) is 7.63. The van der Waals surface area contributed by atoms with E-state index in [1.807, 2.05) is 11.0 Å². The van der Waals surface area contributed by atoms with E-state index in [-0.39, 0.29) is 30.1 Å². The van der Waals surface area contributed by atoms with Gasteiger partial charge in [-0.15, -0.1) is 12.4 Å². The lowest BCUT2D eigenvalue weighted by Gasteiger charge is -2.53. The number of piperidine rings is 2. The second-order valence-corrected chi connectivity index (χ2v) is 8.20. The minimum Gasteiger partial charge on any atom is -0.392 e. The van der Waals surface area contributed by atoms with Crippen molar-refractivity contribution in [3.05, 3.63) is 33.8 Å². The van der Waals surface area contributed by atoms with E-state index in [1.165, 1.54) is 0 Å². The summed E-state index contributed by atoms with van der Waals surface area (Å²) < 4.78 is 0. The number of halogens is 3. The molecule has 0 saturated carbocycles. The number of aliphatic hydroxyl groups excluding tert-OH is 1. The van der Waals surface area contributed by atoms with Crippen LogP contribution in [-0.4, -0.2) is 52.2 Å². The molecule has 2 aliphatic rings. The lowest BCUT2D eigenvalue weighted by Crippen LogP contribution is -2.65. The van der Waals surface area contributed by atoms with Crippen molar-refractivity contribution in [1.29, 1.82) is 0 Å². The van der Waals surface area contributed by atoms with Crippen LogP contribution in [0.1, 0.15) is 44.6 Å². The van der Waals surface area contributed by atoms with Gasteiger partial charge in [0.05, 0.1) is 28.2 Å². The van der Waals surface area contributed by atoms with E-state index in [9.17, 15) is 9.90 Å². The van der Waals surface area contributed by atoms with Crippen molar-refractivity contribution in [3.8, 4) is 0 Å². The van der Waals surface area contributed by atoms with Crippen molar-refractivity contribution in [2.75, 3.05) is 19.6 Å². The Morgan fingerprint density at radius 2 is 2.00 bits per heavy atom. The molecule has 0 bridgehead atoms. The second-order valence-electron chi connectivity index (χ2n) is 7.39. The zero-order valence-corrected chi connectivity index (χ0v) is 17.4. The minimum atomic E-state index is -0.313. The van der Waals surface area contributed by atoms with Crippen LogP contribution in [0.25, 0.3) is 0 Å². The molecule has 2 atom stereocenters. The average Bonchev–Trinajstić information content (AvgIpc) is 2.58. The molecule has 2 unspecified atom stereocenters. The van der Waals surface area contributed by atoms with Crippen molar-refractivity contribution in [3.63, 3.8) is 0 Å². The summed E-state index contributed by atoms with van der Waals surface area (Å²) in [4.78, 5) is 17.4. The van der Waals surface area contributed by atoms with Crippen LogP contribution in [0.3, 0.4) is 0 Å². The monoisotopic (exact) mass is 420 g/mol. The summed E-state index contributed by atoms with van der Waals surface area (Å²) in [5, 5.41) is 11.1. The lowest BCUT2D eigenvalue weighted by molar-refractivity contribution is -0.155. The zero-order valence-electron chi connectivity index (χ0n) is 15.1. The van der Waals surface area contributed by atoms with Crippen LogP contribution < -0.4 is 0 Å². The Bertz CT molecular complexity index is 643. The molecule has 1 aromatic rings. The molecular weight excluding hydrogens is 395 g/mol. The van der Waals surface area contributed by atoms with Gasteiger partial charge in [0.1, 0.15) is 0 Å². The molecule has 0 spiro atoms. The van der Waals surface area contributed by atoms with Gasteiger partial charge >= 0.3 is 0 Å². The van der Waals surface area contributed by atoms with Crippen molar-refractivity contribution < 1.29 is 9.90 Å². The van der Waals surface area contributed by atoms with E-state index >= 15 is 0 Å². The summed E-state index contributed by atoms with van der Waals surface area (Å²) in [5.41, 5.74) is 0.568. The van der Waals surface area contributed by atoms with Gasteiger partial charge in [-0.2, -0.15) is 0 Å². The Balaban J connectivity index is 0.00000243. The first-order chi connectivity index (χ1) is 11.9. The molecule has 3 rings (SSSR count). The van der Waals surface area contributed by atoms with Crippen LogP contribution in [0, 0.1) is 0 Å². The molecular formula is C19H27Cl3N2O2. The van der Waals surface area contributed by atoms with Crippen molar-refractivity contribution in [1.82, 2.24) is 9.80 Å². The quantitative estimate of drug-likeness (QED) is 0.797. The van der Waals surface area contributed by atoms with E-state index in [1.54, 1.807) is 12.1 Å². The number of rotatable bonds is 3. The fraction of sp³-hybridized carbons (Fsp3) is 0.632. The van der Waals surface area contributed by atoms with E-state index in [0.717, 1.165) is 50.8 Å². The first-order valence-corrected chi connectivity index (χ1v) is 9.83. The maximum atomic E-state index is 13.1. The number of likely N-dealkylation sites (tertiary alicyclic amines) is 2. The molecule has 1 N–H and O–H groups in total. The molecule has 0 aromatic heterocycles. The van der Waals surface area contributed by atoms with Crippen LogP contribution in [-0.2, 0) is 11.2 Å². The highest BCUT2D eigenvalue weighted by atomic mass is 35.5. The van der Waals surface area contributed by atoms with Gasteiger partial charge in [-0.3, -0.25) is 9.69 Å². The molecule has 2 saturated heterocycles. The average molecular weight is 422 g/mol. The van der Waals surface area contributed by atoms with Gasteiger partial charge in [-0.05, 0) is 56.7 Å². The number of hydrogen-bond donors (Lipinski definition) is 1. The highest BCUT2D eigenvalue weighted by molar-refractivity contribution is 6.42. The van der Waals surface area contributed by atoms with Crippen molar-refractivity contribution in [2.24, 2.45) is 0 Å². The molecule has 0 aliphatic carbocycles. The number of aliphatic hydroxyl groups is 1. The van der Waals surface area contributed by atoms with Gasteiger partial charge in [0.15, 0.2) is 0 Å². The fourth-order valence-corrected chi connectivity index (χ4v) is 4.46. The topological polar surface area (TPSA) is 43.8 Å². The standard InChI is InChI=1S/C19H26Cl2N2O2.ClH/c1-19(22-9-4-5-15(24)13-22)8-2-3-10-23(19)18(25)12-14-6-7-16(20)17(21)11-14;/h6-7,11,15,24H,2-5,8-10,12-13H2,1H3;1H. The SMILES string of the molecule is CC1(N2CCCC(O)C2)CCCCN1C(=O)Cc1ccc(Cl)c(Cl)c1.Cl. The number of carbonyl (C=O) groups excluding carboxylic acids is 1. The lowest BCUT2D eigenvalue weighted by atomic mass is 9.91. The van der Waals surface area contributed by atoms with E-state index in [0.29, 0.717) is 23.0 Å². The van der Waals surface area contributed by atoms with E-state index < -0.39 is 0 Å². The molecule has 1 aromatic carbocycles. The molecule has 2 heterocycles. The zero-order chi connectivity index (χ0) is 18.0. The molecule has 1 amide bonds. The number of nitrogens with zero attached hydrogens (tertiary/aromatic N) is 2. The third-order valence-electron chi connectivity index (χ3n) is 5.58. The van der Waals surface area contributed by atoms with Gasteiger partial charge in [-0.1, -0.05) is 29.3 Å². The summed E-state index contributed by atoms with van der Waals surface area (Å²) in [6.07, 6.45) is 4.95. The highest BCUT2D eigenvalue weighted by Crippen LogP contribution is 2.34. The summed E-state index contributed by atoms with van der Waals surface area (Å²) in [5.74, 6) is 0.112. The van der Waals surface area contributed by atoms with Crippen LogP contribution in [0.5, 0.6) is 0 Å². The van der Waals surface area contributed by atoms with Gasteiger partial charge in [0, 0.05) is 19.6 Å². The summed E-state index contributed by atoms with van der Waals surface area (Å²) in [6.45, 7) is 4.50. The molecule has 4 nitrogen and oxygen atoms in total. The van der Waals surface area contributed by atoms with E-state index in [2.05, 4.69) is 11.8 Å². The number of carbonyl (C=O) groups is 1. The number of benzene rings is 1. The smallest absolute Gasteiger partial charge is 0.228 e. The predicted octanol–water partition coefficient (Wildman–Crippen LogP) is 4.14. The summed E-state index contributed by atoms with van der Waals surface area (Å²) in [6, 6.07) is 5.37. The Labute approximate surface area is 171 Å². The van der Waals surface area contributed by atoms with Gasteiger partial charge < -0.3 is 10.0 Å². The fourth-order valence-electron chi connectivity index (χ4n) is 4.14. The number of amides is 1.